The lowest BCUT2D eigenvalue weighted by atomic mass is 10.2. The molecule has 0 aliphatic carbocycles. The van der Waals surface area contributed by atoms with Gasteiger partial charge in [0.25, 0.3) is 0 Å². The van der Waals surface area contributed by atoms with E-state index in [1.807, 2.05) is 33.8 Å². The Hall–Kier alpha value is -1.95. The Morgan fingerprint density at radius 1 is 1.04 bits per heavy atom. The van der Waals surface area contributed by atoms with Crippen LogP contribution in [0.15, 0.2) is 12.3 Å². The van der Waals surface area contributed by atoms with Crippen molar-refractivity contribution in [3.8, 4) is 0 Å². The van der Waals surface area contributed by atoms with Crippen LogP contribution in [0, 0.1) is 5.92 Å². The lowest BCUT2D eigenvalue weighted by Crippen LogP contribution is -1.98. The van der Waals surface area contributed by atoms with Gasteiger partial charge in [-0.05, 0) is 30.5 Å². The summed E-state index contributed by atoms with van der Waals surface area (Å²) in [7, 11) is 0. The summed E-state index contributed by atoms with van der Waals surface area (Å²) in [5, 5.41) is 0. The van der Waals surface area contributed by atoms with E-state index < -0.39 is 0 Å². The van der Waals surface area contributed by atoms with Crippen molar-refractivity contribution in [3.05, 3.63) is 17.8 Å². The molecule has 0 aliphatic heterocycles. The van der Waals surface area contributed by atoms with Crippen LogP contribution in [0.2, 0.25) is 0 Å². The van der Waals surface area contributed by atoms with Crippen molar-refractivity contribution >= 4 is 24.1 Å². The van der Waals surface area contributed by atoms with Crippen molar-refractivity contribution in [1.29, 1.82) is 0 Å². The highest BCUT2D eigenvalue weighted by molar-refractivity contribution is 6.09. The molecule has 0 unspecified atom stereocenters. The molecule has 6 heteroatoms. The van der Waals surface area contributed by atoms with Crippen LogP contribution >= 0.6 is 0 Å². The quantitative estimate of drug-likeness (QED) is 0.484. The summed E-state index contributed by atoms with van der Waals surface area (Å²) in [6, 6.07) is 1.85. The number of anilines is 2. The van der Waals surface area contributed by atoms with Crippen LogP contribution < -0.4 is 17.2 Å². The van der Waals surface area contributed by atoms with Gasteiger partial charge in [0.1, 0.15) is 5.82 Å². The van der Waals surface area contributed by atoms with E-state index >= 15 is 0 Å². The van der Waals surface area contributed by atoms with Crippen molar-refractivity contribution in [2.45, 2.75) is 81.6 Å². The second-order valence-electron chi connectivity index (χ2n) is 5.36. The maximum Gasteiger partial charge on any atom is 0.182 e. The smallest absolute Gasteiger partial charge is 0.182 e. The Balaban J connectivity index is -0.0000000442. The highest BCUT2D eigenvalue weighted by Gasteiger charge is 1.96. The van der Waals surface area contributed by atoms with E-state index in [0.717, 1.165) is 24.4 Å². The largest absolute Gasteiger partial charge is 0.397 e. The molecule has 0 amide bonds. The van der Waals surface area contributed by atoms with Gasteiger partial charge < -0.3 is 17.2 Å². The van der Waals surface area contributed by atoms with Crippen LogP contribution in [0.1, 0.15) is 83.6 Å². The fourth-order valence-corrected chi connectivity index (χ4v) is 0.823. The summed E-state index contributed by atoms with van der Waals surface area (Å²) in [5.41, 5.74) is 17.6. The van der Waals surface area contributed by atoms with E-state index in [1.165, 1.54) is 12.8 Å². The van der Waals surface area contributed by atoms with Crippen molar-refractivity contribution in [1.82, 2.24) is 4.98 Å². The predicted molar refractivity (Wildman–Crippen MR) is 126 cm³/mol. The summed E-state index contributed by atoms with van der Waals surface area (Å²) in [6.45, 7) is 19.6. The minimum Gasteiger partial charge on any atom is -0.397 e. The number of aromatic nitrogens is 1. The normalized spacial score (nSPS) is 7.67. The molecule has 1 aromatic heterocycles. The number of carbonyl (C=O) groups excluding carboxylic acids is 2. The lowest BCUT2D eigenvalue weighted by molar-refractivity contribution is -0.122. The van der Waals surface area contributed by atoms with Gasteiger partial charge in [0.2, 0.25) is 0 Å². The highest BCUT2D eigenvalue weighted by Crippen LogP contribution is 2.11. The molecule has 1 heterocycles. The number of aryl methyl sites for hydroxylation is 1. The van der Waals surface area contributed by atoms with Crippen LogP contribution in [-0.2, 0) is 16.0 Å². The molecule has 0 radical (unpaired) electrons. The maximum atomic E-state index is 8.81. The fourth-order valence-electron chi connectivity index (χ4n) is 0.823. The average Bonchev–Trinajstić information content (AvgIpc) is 2.67. The van der Waals surface area contributed by atoms with Crippen LogP contribution in [0.3, 0.4) is 0 Å². The van der Waals surface area contributed by atoms with Crippen molar-refractivity contribution < 1.29 is 12.4 Å². The maximum absolute atomic E-state index is 8.81. The molecule has 0 bridgehead atoms. The number of aldehydes is 2. The molecule has 6 N–H and O–H groups in total. The summed E-state index contributed by atoms with van der Waals surface area (Å²) in [5.74, 6) is 1.46. The summed E-state index contributed by atoms with van der Waals surface area (Å²) in [6.07, 6.45) is 5.39. The first-order chi connectivity index (χ1) is 12.7. The Bertz CT molecular complexity index is 400. The molecule has 0 aromatic carbocycles. The average molecular weight is 391 g/mol. The number of nitrogen functional groups attached to an aromatic ring is 2. The molecule has 0 atom stereocenters. The van der Waals surface area contributed by atoms with Crippen molar-refractivity contribution in [3.63, 3.8) is 0 Å². The molecule has 0 fully saturated rings. The summed E-state index contributed by atoms with van der Waals surface area (Å²) in [4.78, 5) is 21.5. The predicted octanol–water partition coefficient (Wildman–Crippen LogP) is 5.14. The van der Waals surface area contributed by atoms with E-state index in [0.29, 0.717) is 11.5 Å². The van der Waals surface area contributed by atoms with Crippen LogP contribution in [0.4, 0.5) is 11.5 Å². The summed E-state index contributed by atoms with van der Waals surface area (Å²) >= 11 is 0. The van der Waals surface area contributed by atoms with Gasteiger partial charge in [-0.3, -0.25) is 9.59 Å². The SMILES string of the molecule is CC.CCC.CCC(C)C.CCN.CCc1cc(N)cnc1N.O=CC=O.[HH].[HH]. The van der Waals surface area contributed by atoms with Gasteiger partial charge in [-0.2, -0.15) is 0 Å². The Morgan fingerprint density at radius 2 is 1.37 bits per heavy atom. The van der Waals surface area contributed by atoms with Gasteiger partial charge >= 0.3 is 0 Å². The first-order valence-electron chi connectivity index (χ1n) is 9.84. The monoisotopic (exact) mass is 390 g/mol. The lowest BCUT2D eigenvalue weighted by Gasteiger charge is -2.00. The molecule has 0 saturated heterocycles. The zero-order chi connectivity index (χ0) is 22.7. The van der Waals surface area contributed by atoms with Gasteiger partial charge in [-0.25, -0.2) is 4.98 Å². The van der Waals surface area contributed by atoms with E-state index in [1.54, 1.807) is 6.20 Å². The number of nitrogens with two attached hydrogens (primary N) is 3. The minimum absolute atomic E-state index is 0. The third kappa shape index (κ3) is 45.4. The molecule has 166 valence electrons. The number of carbonyl (C=O) groups is 2. The van der Waals surface area contributed by atoms with Crippen molar-refractivity contribution in [2.24, 2.45) is 11.7 Å². The Labute approximate surface area is 171 Å². The first-order valence-corrected chi connectivity index (χ1v) is 9.84. The van der Waals surface area contributed by atoms with E-state index in [9.17, 15) is 0 Å². The van der Waals surface area contributed by atoms with Gasteiger partial charge in [0, 0.05) is 2.85 Å². The molecule has 0 spiro atoms. The molecule has 1 aromatic rings. The molecule has 6 nitrogen and oxygen atoms in total. The van der Waals surface area contributed by atoms with E-state index in [2.05, 4.69) is 39.6 Å². The Morgan fingerprint density at radius 3 is 1.56 bits per heavy atom. The van der Waals surface area contributed by atoms with E-state index in [4.69, 9.17) is 26.8 Å². The van der Waals surface area contributed by atoms with Crippen LogP contribution in [-0.4, -0.2) is 24.1 Å². The molecule has 0 saturated carbocycles. The third-order valence-electron chi connectivity index (χ3n) is 2.28. The van der Waals surface area contributed by atoms with Gasteiger partial charge in [0.15, 0.2) is 12.6 Å². The second kappa shape index (κ2) is 35.2. The zero-order valence-corrected chi connectivity index (χ0v) is 19.2. The fraction of sp³-hybridized carbons (Fsp3) is 0.667. The third-order valence-corrected chi connectivity index (χ3v) is 2.28. The van der Waals surface area contributed by atoms with Crippen LogP contribution in [0.25, 0.3) is 0 Å². The number of nitrogens with zero attached hydrogens (tertiary/aromatic N) is 1. The second-order valence-corrected chi connectivity index (χ2v) is 5.36. The minimum atomic E-state index is 0. The van der Waals surface area contributed by atoms with Crippen molar-refractivity contribution in [2.75, 3.05) is 18.0 Å². The number of hydrogen-bond acceptors (Lipinski definition) is 6. The Kier molecular flexibility index (Phi) is 47.0. The molecule has 27 heavy (non-hydrogen) atoms. The first kappa shape index (κ1) is 36.0. The summed E-state index contributed by atoms with van der Waals surface area (Å²) < 4.78 is 0. The molecule has 0 aliphatic rings. The standard InChI is InChI=1S/C7H11N3.C5H12.C3H8.C2H7N.C2H2O2.C2H6.2H2/c1-2-5-3-6(8)4-10-7(5)9;1-4-5(2)3;1-3-2;1-2-3;3-1-2-4;1-2;;/h3-4H,2,8H2,1H3,(H2,9,10);5H,4H2,1-3H3;3H2,1-2H3;2-3H2,1H3;1-2H;1-2H3;2*1H. The molecular weight excluding hydrogens is 340 g/mol. The molecule has 1 rings (SSSR count). The number of pyridine rings is 1. The zero-order valence-electron chi connectivity index (χ0n) is 19.2. The highest BCUT2D eigenvalue weighted by atomic mass is 16.2. The van der Waals surface area contributed by atoms with Gasteiger partial charge in [0.05, 0.1) is 11.9 Å². The van der Waals surface area contributed by atoms with Gasteiger partial charge in [-0.15, -0.1) is 0 Å². The number of hydrogen-bond donors (Lipinski definition) is 3. The topological polar surface area (TPSA) is 125 Å². The van der Waals surface area contributed by atoms with Gasteiger partial charge in [-0.1, -0.05) is 75.2 Å². The number of rotatable bonds is 3. The van der Waals surface area contributed by atoms with E-state index in [-0.39, 0.29) is 15.4 Å². The van der Waals surface area contributed by atoms with Crippen LogP contribution in [0.5, 0.6) is 0 Å². The molecular formula is C21H50N4O2.